The molecule has 0 aliphatic rings. The number of rotatable bonds is 7. The summed E-state index contributed by atoms with van der Waals surface area (Å²) in [6, 6.07) is 6.97. The van der Waals surface area contributed by atoms with Gasteiger partial charge in [-0.2, -0.15) is 0 Å². The van der Waals surface area contributed by atoms with E-state index in [9.17, 15) is 8.42 Å². The van der Waals surface area contributed by atoms with Gasteiger partial charge in [-0.15, -0.1) is 23.7 Å². The molecule has 5 nitrogen and oxygen atoms in total. The smallest absolute Gasteiger partial charge is 0.240 e. The monoisotopic (exact) mass is 375 g/mol. The molecule has 0 fully saturated rings. The highest BCUT2D eigenvalue weighted by atomic mass is 35.5. The summed E-state index contributed by atoms with van der Waals surface area (Å²) >= 11 is 1.51. The number of nitrogens with one attached hydrogen (secondary N) is 2. The van der Waals surface area contributed by atoms with E-state index in [-0.39, 0.29) is 23.3 Å². The minimum absolute atomic E-state index is 0. The van der Waals surface area contributed by atoms with Gasteiger partial charge in [0, 0.05) is 29.2 Å². The summed E-state index contributed by atoms with van der Waals surface area (Å²) in [6.07, 6.45) is 0. The molecule has 0 saturated heterocycles. The van der Waals surface area contributed by atoms with Crippen molar-refractivity contribution < 1.29 is 8.42 Å². The van der Waals surface area contributed by atoms with Crippen molar-refractivity contribution in [3.63, 3.8) is 0 Å². The van der Waals surface area contributed by atoms with E-state index in [0.29, 0.717) is 6.54 Å². The molecule has 128 valence electrons. The third kappa shape index (κ3) is 5.54. The molecule has 2 rings (SSSR count). The predicted octanol–water partition coefficient (Wildman–Crippen LogP) is 2.82. The number of sulfonamides is 1. The molecule has 0 unspecified atom stereocenters. The highest BCUT2D eigenvalue weighted by Gasteiger charge is 2.16. The summed E-state index contributed by atoms with van der Waals surface area (Å²) < 4.78 is 27.4. The molecule has 2 aromatic rings. The summed E-state index contributed by atoms with van der Waals surface area (Å²) in [4.78, 5) is 4.66. The molecule has 0 radical (unpaired) electrons. The highest BCUT2D eigenvalue weighted by Crippen LogP contribution is 2.25. The molecule has 0 amide bonds. The van der Waals surface area contributed by atoms with E-state index in [0.717, 1.165) is 22.8 Å². The topological polar surface area (TPSA) is 71.1 Å². The number of likely N-dealkylation sites (N-methyl/N-ethyl adjacent to an activating group) is 1. The van der Waals surface area contributed by atoms with Crippen molar-refractivity contribution in [1.29, 1.82) is 0 Å². The van der Waals surface area contributed by atoms with Crippen molar-refractivity contribution in [3.05, 3.63) is 35.3 Å². The van der Waals surface area contributed by atoms with E-state index < -0.39 is 10.0 Å². The molecule has 23 heavy (non-hydrogen) atoms. The van der Waals surface area contributed by atoms with E-state index in [2.05, 4.69) is 15.0 Å². The molecular formula is C15H22ClN3O2S2. The SMILES string of the molecule is CCN[C@H](C)CNS(=O)(=O)c1cccc(-c2nc(C)cs2)c1.Cl. The quantitative estimate of drug-likeness (QED) is 0.780. The van der Waals surface area contributed by atoms with Crippen molar-refractivity contribution >= 4 is 33.8 Å². The molecule has 1 heterocycles. The summed E-state index contributed by atoms with van der Waals surface area (Å²) in [5.74, 6) is 0. The van der Waals surface area contributed by atoms with Crippen LogP contribution in [0.5, 0.6) is 0 Å². The standard InChI is InChI=1S/C15H21N3O2S2.ClH/c1-4-16-11(2)9-17-22(19,20)14-7-5-6-13(8-14)15-18-12(3)10-21-15;/h5-8,10-11,16-17H,4,9H2,1-3H3;1H/t11-;/m1./s1. The van der Waals surface area contributed by atoms with E-state index >= 15 is 0 Å². The predicted molar refractivity (Wildman–Crippen MR) is 97.9 cm³/mol. The van der Waals surface area contributed by atoms with Gasteiger partial charge >= 0.3 is 0 Å². The fraction of sp³-hybridized carbons (Fsp3) is 0.400. The van der Waals surface area contributed by atoms with Crippen LogP contribution in [0.2, 0.25) is 0 Å². The Morgan fingerprint density at radius 1 is 1.35 bits per heavy atom. The van der Waals surface area contributed by atoms with Crippen molar-refractivity contribution in [2.75, 3.05) is 13.1 Å². The normalized spacial score (nSPS) is 12.7. The molecule has 0 bridgehead atoms. The number of aromatic nitrogens is 1. The highest BCUT2D eigenvalue weighted by molar-refractivity contribution is 7.89. The van der Waals surface area contributed by atoms with E-state index in [1.807, 2.05) is 32.2 Å². The minimum Gasteiger partial charge on any atom is -0.313 e. The Morgan fingerprint density at radius 2 is 2.09 bits per heavy atom. The maximum atomic E-state index is 12.4. The first-order valence-electron chi connectivity index (χ1n) is 7.18. The van der Waals surface area contributed by atoms with Gasteiger partial charge in [-0.05, 0) is 32.5 Å². The van der Waals surface area contributed by atoms with Crippen LogP contribution in [-0.4, -0.2) is 32.5 Å². The summed E-state index contributed by atoms with van der Waals surface area (Å²) in [5.41, 5.74) is 1.76. The van der Waals surface area contributed by atoms with Gasteiger partial charge in [0.05, 0.1) is 4.90 Å². The third-order valence-corrected chi connectivity index (χ3v) is 5.57. The molecule has 8 heteroatoms. The number of aryl methyl sites for hydroxylation is 1. The van der Waals surface area contributed by atoms with Gasteiger partial charge in [0.15, 0.2) is 0 Å². The number of benzene rings is 1. The molecule has 0 aliphatic carbocycles. The first-order chi connectivity index (χ1) is 10.4. The molecule has 2 N–H and O–H groups in total. The molecule has 1 atom stereocenters. The van der Waals surface area contributed by atoms with Gasteiger partial charge in [-0.25, -0.2) is 18.1 Å². The van der Waals surface area contributed by atoms with E-state index in [1.54, 1.807) is 18.2 Å². The van der Waals surface area contributed by atoms with Gasteiger partial charge in [0.25, 0.3) is 0 Å². The van der Waals surface area contributed by atoms with Crippen LogP contribution in [0, 0.1) is 6.92 Å². The average Bonchev–Trinajstić information content (AvgIpc) is 2.92. The van der Waals surface area contributed by atoms with Crippen molar-refractivity contribution in [3.8, 4) is 10.6 Å². The molecule has 0 spiro atoms. The fourth-order valence-corrected chi connectivity index (χ4v) is 3.99. The zero-order valence-corrected chi connectivity index (χ0v) is 15.8. The number of nitrogens with zero attached hydrogens (tertiary/aromatic N) is 1. The maximum Gasteiger partial charge on any atom is 0.240 e. The largest absolute Gasteiger partial charge is 0.313 e. The van der Waals surface area contributed by atoms with Crippen LogP contribution in [0.15, 0.2) is 34.5 Å². The fourth-order valence-electron chi connectivity index (χ4n) is 2.02. The molecule has 0 aliphatic heterocycles. The summed E-state index contributed by atoms with van der Waals surface area (Å²) in [6.45, 7) is 7.02. The van der Waals surface area contributed by atoms with Crippen molar-refractivity contribution in [2.45, 2.75) is 31.7 Å². The first kappa shape index (κ1) is 20.1. The number of hydrogen-bond donors (Lipinski definition) is 2. The lowest BCUT2D eigenvalue weighted by Crippen LogP contribution is -2.38. The zero-order chi connectivity index (χ0) is 16.2. The molecular weight excluding hydrogens is 354 g/mol. The molecule has 1 aromatic heterocycles. The van der Waals surface area contributed by atoms with E-state index in [1.165, 1.54) is 11.3 Å². The second-order valence-electron chi connectivity index (χ2n) is 5.13. The lowest BCUT2D eigenvalue weighted by atomic mass is 10.2. The zero-order valence-electron chi connectivity index (χ0n) is 13.4. The number of halogens is 1. The van der Waals surface area contributed by atoms with Crippen molar-refractivity contribution in [1.82, 2.24) is 15.0 Å². The first-order valence-corrected chi connectivity index (χ1v) is 9.54. The van der Waals surface area contributed by atoms with Crippen molar-refractivity contribution in [2.24, 2.45) is 0 Å². The van der Waals surface area contributed by atoms with Crippen LogP contribution >= 0.6 is 23.7 Å². The summed E-state index contributed by atoms with van der Waals surface area (Å²) in [7, 11) is -3.51. The van der Waals surface area contributed by atoms with Crippen LogP contribution in [0.4, 0.5) is 0 Å². The third-order valence-electron chi connectivity index (χ3n) is 3.14. The second-order valence-corrected chi connectivity index (χ2v) is 7.76. The minimum atomic E-state index is -3.51. The van der Waals surface area contributed by atoms with E-state index in [4.69, 9.17) is 0 Å². The molecule has 0 saturated carbocycles. The van der Waals surface area contributed by atoms with Crippen LogP contribution in [0.1, 0.15) is 19.5 Å². The second kappa shape index (κ2) is 8.75. The van der Waals surface area contributed by atoms with Gasteiger partial charge in [0.1, 0.15) is 5.01 Å². The Bertz CT molecular complexity index is 732. The Kier molecular flexibility index (Phi) is 7.63. The Balaban J connectivity index is 0.00000264. The molecule has 1 aromatic carbocycles. The van der Waals surface area contributed by atoms with Gasteiger partial charge < -0.3 is 5.32 Å². The average molecular weight is 376 g/mol. The summed E-state index contributed by atoms with van der Waals surface area (Å²) in [5, 5.41) is 5.95. The van der Waals surface area contributed by atoms with Gasteiger partial charge in [0.2, 0.25) is 10.0 Å². The van der Waals surface area contributed by atoms with Crippen LogP contribution in [-0.2, 0) is 10.0 Å². The van der Waals surface area contributed by atoms with Crippen LogP contribution in [0.3, 0.4) is 0 Å². The maximum absolute atomic E-state index is 12.4. The number of thiazole rings is 1. The lowest BCUT2D eigenvalue weighted by Gasteiger charge is -2.13. The Hall–Kier alpha value is -0.990. The lowest BCUT2D eigenvalue weighted by molar-refractivity contribution is 0.536. The van der Waals surface area contributed by atoms with Crippen LogP contribution in [0.25, 0.3) is 10.6 Å². The number of hydrogen-bond acceptors (Lipinski definition) is 5. The Labute approximate surface area is 148 Å². The van der Waals surface area contributed by atoms with Gasteiger partial charge in [-0.1, -0.05) is 19.1 Å². The van der Waals surface area contributed by atoms with Gasteiger partial charge in [-0.3, -0.25) is 0 Å². The Morgan fingerprint density at radius 3 is 2.70 bits per heavy atom. The van der Waals surface area contributed by atoms with Crippen LogP contribution < -0.4 is 10.0 Å².